The van der Waals surface area contributed by atoms with Crippen molar-refractivity contribution in [2.45, 2.75) is 38.0 Å². The molecule has 2 aromatic carbocycles. The Bertz CT molecular complexity index is 854. The molecule has 1 N–H and O–H groups in total. The van der Waals surface area contributed by atoms with E-state index in [1.807, 2.05) is 31.2 Å². The number of hydrogen-bond donors (Lipinski definition) is 1. The molecule has 0 radical (unpaired) electrons. The summed E-state index contributed by atoms with van der Waals surface area (Å²) >= 11 is 0. The SMILES string of the molecule is COc1ccc(C)cc1S(=O)(=O)NCCOc1cccc(C(C)(C)C)c1. The number of sulfonamides is 1. The average molecular weight is 378 g/mol. The molecule has 2 rings (SSSR count). The van der Waals surface area contributed by atoms with Gasteiger partial charge in [0.05, 0.1) is 7.11 Å². The molecule has 0 unspecified atom stereocenters. The van der Waals surface area contributed by atoms with Crippen LogP contribution in [0.15, 0.2) is 47.4 Å². The van der Waals surface area contributed by atoms with Crippen LogP contribution in [0.3, 0.4) is 0 Å². The normalized spacial score (nSPS) is 12.0. The standard InChI is InChI=1S/C20H27NO4S/c1-15-9-10-18(24-5)19(13-15)26(22,23)21-11-12-25-17-8-6-7-16(14-17)20(2,3)4/h6-10,13-14,21H,11-12H2,1-5H3. The van der Waals surface area contributed by atoms with E-state index in [1.54, 1.807) is 12.1 Å². The maximum absolute atomic E-state index is 12.5. The van der Waals surface area contributed by atoms with Gasteiger partial charge in [0.2, 0.25) is 10.0 Å². The molecule has 2 aromatic rings. The molecule has 26 heavy (non-hydrogen) atoms. The average Bonchev–Trinajstić information content (AvgIpc) is 2.58. The van der Waals surface area contributed by atoms with Crippen LogP contribution in [0.5, 0.6) is 11.5 Å². The lowest BCUT2D eigenvalue weighted by Gasteiger charge is -2.19. The number of benzene rings is 2. The van der Waals surface area contributed by atoms with Gasteiger partial charge in [0.25, 0.3) is 0 Å². The Morgan fingerprint density at radius 3 is 2.46 bits per heavy atom. The number of nitrogens with one attached hydrogen (secondary N) is 1. The molecule has 0 spiro atoms. The van der Waals surface area contributed by atoms with E-state index in [9.17, 15) is 8.42 Å². The van der Waals surface area contributed by atoms with E-state index in [-0.39, 0.29) is 23.5 Å². The second-order valence-electron chi connectivity index (χ2n) is 7.18. The molecule has 0 atom stereocenters. The Kier molecular flexibility index (Phi) is 6.31. The van der Waals surface area contributed by atoms with Gasteiger partial charge < -0.3 is 9.47 Å². The van der Waals surface area contributed by atoms with E-state index >= 15 is 0 Å². The Labute approximate surface area is 156 Å². The van der Waals surface area contributed by atoms with Gasteiger partial charge in [-0.2, -0.15) is 0 Å². The van der Waals surface area contributed by atoms with E-state index < -0.39 is 10.0 Å². The first kappa shape index (κ1) is 20.3. The molecule has 0 aliphatic carbocycles. The summed E-state index contributed by atoms with van der Waals surface area (Å²) in [6.45, 7) is 8.64. The summed E-state index contributed by atoms with van der Waals surface area (Å²) in [5.41, 5.74) is 2.05. The van der Waals surface area contributed by atoms with E-state index in [2.05, 4.69) is 31.6 Å². The second kappa shape index (κ2) is 8.10. The van der Waals surface area contributed by atoms with Gasteiger partial charge >= 0.3 is 0 Å². The highest BCUT2D eigenvalue weighted by atomic mass is 32.2. The molecule has 0 saturated heterocycles. The highest BCUT2D eigenvalue weighted by molar-refractivity contribution is 7.89. The summed E-state index contributed by atoms with van der Waals surface area (Å²) in [7, 11) is -2.21. The third kappa shape index (κ3) is 5.22. The molecular formula is C20H27NO4S. The minimum absolute atomic E-state index is 0.0304. The lowest BCUT2D eigenvalue weighted by atomic mass is 9.87. The van der Waals surface area contributed by atoms with Crippen molar-refractivity contribution in [3.05, 3.63) is 53.6 Å². The number of rotatable bonds is 7. The number of aryl methyl sites for hydroxylation is 1. The molecule has 5 nitrogen and oxygen atoms in total. The van der Waals surface area contributed by atoms with Gasteiger partial charge in [-0.15, -0.1) is 0 Å². The summed E-state index contributed by atoms with van der Waals surface area (Å²) < 4.78 is 38.4. The fraction of sp³-hybridized carbons (Fsp3) is 0.400. The fourth-order valence-electron chi connectivity index (χ4n) is 2.47. The van der Waals surface area contributed by atoms with Crippen molar-refractivity contribution in [1.82, 2.24) is 4.72 Å². The van der Waals surface area contributed by atoms with E-state index in [0.29, 0.717) is 5.75 Å². The highest BCUT2D eigenvalue weighted by Crippen LogP contribution is 2.26. The zero-order chi connectivity index (χ0) is 19.4. The maximum Gasteiger partial charge on any atom is 0.244 e. The van der Waals surface area contributed by atoms with Crippen LogP contribution in [0.4, 0.5) is 0 Å². The molecule has 0 aliphatic heterocycles. The van der Waals surface area contributed by atoms with Crippen LogP contribution < -0.4 is 14.2 Å². The van der Waals surface area contributed by atoms with Crippen LogP contribution in [0, 0.1) is 6.92 Å². The summed E-state index contributed by atoms with van der Waals surface area (Å²) in [5, 5.41) is 0. The molecule has 0 aliphatic rings. The summed E-state index contributed by atoms with van der Waals surface area (Å²) in [6, 6.07) is 12.9. The van der Waals surface area contributed by atoms with Crippen molar-refractivity contribution >= 4 is 10.0 Å². The van der Waals surface area contributed by atoms with E-state index in [4.69, 9.17) is 9.47 Å². The molecule has 0 heterocycles. The maximum atomic E-state index is 12.5. The number of hydrogen-bond acceptors (Lipinski definition) is 4. The van der Waals surface area contributed by atoms with Crippen LogP contribution in [-0.4, -0.2) is 28.7 Å². The van der Waals surface area contributed by atoms with Gasteiger partial charge in [-0.1, -0.05) is 39.0 Å². The van der Waals surface area contributed by atoms with Crippen LogP contribution in [0.2, 0.25) is 0 Å². The molecule has 0 bridgehead atoms. The van der Waals surface area contributed by atoms with Gasteiger partial charge in [0.15, 0.2) is 0 Å². The molecule has 0 amide bonds. The Balaban J connectivity index is 1.99. The number of ether oxygens (including phenoxy) is 2. The van der Waals surface area contributed by atoms with Gasteiger partial charge in [-0.05, 0) is 47.7 Å². The van der Waals surface area contributed by atoms with Crippen molar-refractivity contribution in [2.75, 3.05) is 20.3 Å². The molecule has 142 valence electrons. The van der Waals surface area contributed by atoms with Crippen molar-refractivity contribution in [1.29, 1.82) is 0 Å². The van der Waals surface area contributed by atoms with E-state index in [1.165, 1.54) is 12.7 Å². The Hall–Kier alpha value is -2.05. The first-order valence-corrected chi connectivity index (χ1v) is 9.99. The zero-order valence-electron chi connectivity index (χ0n) is 16.0. The van der Waals surface area contributed by atoms with E-state index in [0.717, 1.165) is 11.3 Å². The fourth-order valence-corrected chi connectivity index (χ4v) is 3.73. The van der Waals surface area contributed by atoms with Gasteiger partial charge in [-0.25, -0.2) is 13.1 Å². The molecule has 0 saturated carbocycles. The van der Waals surface area contributed by atoms with Crippen molar-refractivity contribution in [2.24, 2.45) is 0 Å². The Morgan fingerprint density at radius 2 is 1.81 bits per heavy atom. The minimum Gasteiger partial charge on any atom is -0.495 e. The van der Waals surface area contributed by atoms with Crippen LogP contribution >= 0.6 is 0 Å². The Morgan fingerprint density at radius 1 is 1.08 bits per heavy atom. The van der Waals surface area contributed by atoms with Crippen LogP contribution in [0.1, 0.15) is 31.9 Å². The summed E-state index contributed by atoms with van der Waals surface area (Å²) in [5.74, 6) is 1.05. The third-order valence-corrected chi connectivity index (χ3v) is 5.45. The molecule has 6 heteroatoms. The largest absolute Gasteiger partial charge is 0.495 e. The summed E-state index contributed by atoms with van der Waals surface area (Å²) in [4.78, 5) is 0.134. The quantitative estimate of drug-likeness (QED) is 0.748. The lowest BCUT2D eigenvalue weighted by molar-refractivity contribution is 0.321. The lowest BCUT2D eigenvalue weighted by Crippen LogP contribution is -2.28. The first-order valence-electron chi connectivity index (χ1n) is 8.51. The predicted octanol–water partition coefficient (Wildman–Crippen LogP) is 3.66. The minimum atomic E-state index is -3.67. The zero-order valence-corrected chi connectivity index (χ0v) is 16.8. The second-order valence-corrected chi connectivity index (χ2v) is 8.91. The molecule has 0 aromatic heterocycles. The molecule has 0 fully saturated rings. The first-order chi connectivity index (χ1) is 12.1. The van der Waals surface area contributed by atoms with Gasteiger partial charge in [0.1, 0.15) is 23.0 Å². The van der Waals surface area contributed by atoms with Crippen molar-refractivity contribution in [3.63, 3.8) is 0 Å². The smallest absolute Gasteiger partial charge is 0.244 e. The number of methoxy groups -OCH3 is 1. The topological polar surface area (TPSA) is 64.6 Å². The van der Waals surface area contributed by atoms with Gasteiger partial charge in [-0.3, -0.25) is 0 Å². The highest BCUT2D eigenvalue weighted by Gasteiger charge is 2.19. The monoisotopic (exact) mass is 377 g/mol. The van der Waals surface area contributed by atoms with Crippen molar-refractivity contribution in [3.8, 4) is 11.5 Å². The van der Waals surface area contributed by atoms with Crippen molar-refractivity contribution < 1.29 is 17.9 Å². The summed E-state index contributed by atoms with van der Waals surface area (Å²) in [6.07, 6.45) is 0. The van der Waals surface area contributed by atoms with Gasteiger partial charge in [0, 0.05) is 6.54 Å². The van der Waals surface area contributed by atoms with Crippen LogP contribution in [-0.2, 0) is 15.4 Å². The molecular weight excluding hydrogens is 350 g/mol. The predicted molar refractivity (Wildman–Crippen MR) is 104 cm³/mol. The van der Waals surface area contributed by atoms with Crippen LogP contribution in [0.25, 0.3) is 0 Å². The third-order valence-electron chi connectivity index (χ3n) is 3.97.